The first-order valence-electron chi connectivity index (χ1n) is 5.82. The lowest BCUT2D eigenvalue weighted by Gasteiger charge is -2.25. The Morgan fingerprint density at radius 1 is 1.19 bits per heavy atom. The normalized spacial score (nSPS) is 12.6. The van der Waals surface area contributed by atoms with Crippen LogP contribution in [0.1, 0.15) is 37.8 Å². The van der Waals surface area contributed by atoms with Gasteiger partial charge in [0.2, 0.25) is 6.41 Å². The second kappa shape index (κ2) is 5.69. The molecule has 0 aromatic heterocycles. The Hall–Kier alpha value is -1.31. The summed E-state index contributed by atoms with van der Waals surface area (Å²) < 4.78 is 0. The number of carbonyl (C=O) groups is 1. The summed E-state index contributed by atoms with van der Waals surface area (Å²) in [5.74, 6) is 0.383. The highest BCUT2D eigenvalue weighted by Gasteiger charge is 2.12. The standard InChI is InChI=1S/C14H21NO/c1-11(2)15(10-16)9-13(4)14-7-5-12(3)6-8-14/h5-8,10-11,13H,9H2,1-4H3/t13-/m1/s1. The molecule has 0 fully saturated rings. The largest absolute Gasteiger partial charge is 0.342 e. The molecule has 2 heteroatoms. The minimum Gasteiger partial charge on any atom is -0.342 e. The fourth-order valence-electron chi connectivity index (χ4n) is 1.69. The fourth-order valence-corrected chi connectivity index (χ4v) is 1.69. The highest BCUT2D eigenvalue weighted by atomic mass is 16.1. The van der Waals surface area contributed by atoms with E-state index in [0.29, 0.717) is 5.92 Å². The summed E-state index contributed by atoms with van der Waals surface area (Å²) in [5, 5.41) is 0. The van der Waals surface area contributed by atoms with Gasteiger partial charge in [0.15, 0.2) is 0 Å². The van der Waals surface area contributed by atoms with Crippen LogP contribution < -0.4 is 0 Å². The van der Waals surface area contributed by atoms with Crippen molar-refractivity contribution in [2.45, 2.75) is 39.7 Å². The van der Waals surface area contributed by atoms with Crippen molar-refractivity contribution in [3.63, 3.8) is 0 Å². The first-order valence-corrected chi connectivity index (χ1v) is 5.82. The number of hydrogen-bond acceptors (Lipinski definition) is 1. The SMILES string of the molecule is Cc1ccc([C@H](C)CN(C=O)C(C)C)cc1. The van der Waals surface area contributed by atoms with E-state index in [1.54, 1.807) is 0 Å². The third-order valence-electron chi connectivity index (χ3n) is 2.93. The van der Waals surface area contributed by atoms with E-state index in [2.05, 4.69) is 38.1 Å². The summed E-state index contributed by atoms with van der Waals surface area (Å²) >= 11 is 0. The maximum absolute atomic E-state index is 10.9. The molecule has 0 radical (unpaired) electrons. The molecule has 1 atom stereocenters. The molecule has 0 N–H and O–H groups in total. The predicted octanol–water partition coefficient (Wildman–Crippen LogP) is 2.97. The number of rotatable bonds is 5. The number of carbonyl (C=O) groups excluding carboxylic acids is 1. The number of nitrogens with zero attached hydrogens (tertiary/aromatic N) is 1. The van der Waals surface area contributed by atoms with Crippen molar-refractivity contribution in [2.24, 2.45) is 0 Å². The van der Waals surface area contributed by atoms with Gasteiger partial charge < -0.3 is 4.90 Å². The van der Waals surface area contributed by atoms with E-state index in [9.17, 15) is 4.79 Å². The number of aryl methyl sites for hydroxylation is 1. The van der Waals surface area contributed by atoms with Crippen molar-refractivity contribution in [2.75, 3.05) is 6.54 Å². The molecule has 0 aliphatic rings. The van der Waals surface area contributed by atoms with E-state index in [-0.39, 0.29) is 6.04 Å². The Bertz CT molecular complexity index is 329. The smallest absolute Gasteiger partial charge is 0.209 e. The summed E-state index contributed by atoms with van der Waals surface area (Å²) in [7, 11) is 0. The molecular weight excluding hydrogens is 198 g/mol. The number of benzene rings is 1. The molecule has 0 aliphatic carbocycles. The molecule has 0 spiro atoms. The third-order valence-corrected chi connectivity index (χ3v) is 2.93. The molecule has 0 saturated carbocycles. The van der Waals surface area contributed by atoms with Gasteiger partial charge in [0, 0.05) is 12.6 Å². The van der Waals surface area contributed by atoms with Crippen molar-refractivity contribution >= 4 is 6.41 Å². The first-order chi connectivity index (χ1) is 7.54. The summed E-state index contributed by atoms with van der Waals surface area (Å²) in [4.78, 5) is 12.7. The quantitative estimate of drug-likeness (QED) is 0.697. The Kier molecular flexibility index (Phi) is 4.53. The highest BCUT2D eigenvalue weighted by molar-refractivity contribution is 5.47. The number of amides is 1. The van der Waals surface area contributed by atoms with Crippen molar-refractivity contribution < 1.29 is 4.79 Å². The van der Waals surface area contributed by atoms with Gasteiger partial charge in [0.1, 0.15) is 0 Å². The molecule has 1 rings (SSSR count). The van der Waals surface area contributed by atoms with Gasteiger partial charge in [-0.1, -0.05) is 36.8 Å². The Morgan fingerprint density at radius 2 is 1.75 bits per heavy atom. The van der Waals surface area contributed by atoms with Crippen molar-refractivity contribution in [1.82, 2.24) is 4.90 Å². The maximum atomic E-state index is 10.9. The minimum absolute atomic E-state index is 0.269. The summed E-state index contributed by atoms with van der Waals surface area (Å²) in [6.45, 7) is 9.10. The summed E-state index contributed by atoms with van der Waals surface area (Å²) in [6, 6.07) is 8.79. The molecule has 0 unspecified atom stereocenters. The molecule has 1 aromatic carbocycles. The van der Waals surface area contributed by atoms with Crippen LogP contribution in [-0.4, -0.2) is 23.9 Å². The molecule has 2 nitrogen and oxygen atoms in total. The van der Waals surface area contributed by atoms with Gasteiger partial charge in [0.25, 0.3) is 0 Å². The van der Waals surface area contributed by atoms with Crippen LogP contribution in [-0.2, 0) is 4.79 Å². The maximum Gasteiger partial charge on any atom is 0.209 e. The van der Waals surface area contributed by atoms with E-state index in [1.807, 2.05) is 18.7 Å². The van der Waals surface area contributed by atoms with Crippen LogP contribution in [0.5, 0.6) is 0 Å². The van der Waals surface area contributed by atoms with Gasteiger partial charge >= 0.3 is 0 Å². The van der Waals surface area contributed by atoms with Crippen LogP contribution in [0.15, 0.2) is 24.3 Å². The Morgan fingerprint density at radius 3 is 2.19 bits per heavy atom. The third kappa shape index (κ3) is 3.37. The zero-order valence-electron chi connectivity index (χ0n) is 10.6. The molecule has 16 heavy (non-hydrogen) atoms. The van der Waals surface area contributed by atoms with Crippen molar-refractivity contribution in [1.29, 1.82) is 0 Å². The van der Waals surface area contributed by atoms with Gasteiger partial charge in [-0.3, -0.25) is 4.79 Å². The second-order valence-corrected chi connectivity index (χ2v) is 4.71. The minimum atomic E-state index is 0.269. The van der Waals surface area contributed by atoms with Gasteiger partial charge in [0.05, 0.1) is 0 Å². The topological polar surface area (TPSA) is 20.3 Å². The molecule has 88 valence electrons. The Labute approximate surface area is 98.3 Å². The van der Waals surface area contributed by atoms with E-state index in [4.69, 9.17) is 0 Å². The van der Waals surface area contributed by atoms with Crippen LogP contribution in [0.3, 0.4) is 0 Å². The van der Waals surface area contributed by atoms with Crippen LogP contribution in [0.2, 0.25) is 0 Å². The zero-order valence-corrected chi connectivity index (χ0v) is 10.6. The predicted molar refractivity (Wildman–Crippen MR) is 67.5 cm³/mol. The lowest BCUT2D eigenvalue weighted by molar-refractivity contribution is -0.119. The van der Waals surface area contributed by atoms with E-state index < -0.39 is 0 Å². The van der Waals surface area contributed by atoms with Crippen LogP contribution in [0.4, 0.5) is 0 Å². The van der Waals surface area contributed by atoms with Crippen molar-refractivity contribution in [3.8, 4) is 0 Å². The van der Waals surface area contributed by atoms with Gasteiger partial charge in [-0.2, -0.15) is 0 Å². The monoisotopic (exact) mass is 219 g/mol. The summed E-state index contributed by atoms with van der Waals surface area (Å²) in [5.41, 5.74) is 2.56. The van der Waals surface area contributed by atoms with Crippen LogP contribution in [0.25, 0.3) is 0 Å². The van der Waals surface area contributed by atoms with E-state index in [0.717, 1.165) is 13.0 Å². The first kappa shape index (κ1) is 12.8. The van der Waals surface area contributed by atoms with Gasteiger partial charge in [-0.15, -0.1) is 0 Å². The molecule has 0 aliphatic heterocycles. The highest BCUT2D eigenvalue weighted by Crippen LogP contribution is 2.17. The molecule has 0 bridgehead atoms. The summed E-state index contributed by atoms with van der Waals surface area (Å²) in [6.07, 6.45) is 0.940. The average molecular weight is 219 g/mol. The molecule has 0 saturated heterocycles. The molecule has 0 heterocycles. The van der Waals surface area contributed by atoms with Crippen molar-refractivity contribution in [3.05, 3.63) is 35.4 Å². The lowest BCUT2D eigenvalue weighted by atomic mass is 9.99. The van der Waals surface area contributed by atoms with Gasteiger partial charge in [-0.05, 0) is 32.3 Å². The van der Waals surface area contributed by atoms with E-state index >= 15 is 0 Å². The second-order valence-electron chi connectivity index (χ2n) is 4.71. The van der Waals surface area contributed by atoms with Gasteiger partial charge in [-0.25, -0.2) is 0 Å². The fraction of sp³-hybridized carbons (Fsp3) is 0.500. The molecule has 1 aromatic rings. The average Bonchev–Trinajstić information content (AvgIpc) is 2.26. The number of hydrogen-bond donors (Lipinski definition) is 0. The van der Waals surface area contributed by atoms with Crippen LogP contribution >= 0.6 is 0 Å². The lowest BCUT2D eigenvalue weighted by Crippen LogP contribution is -2.32. The molecular formula is C14H21NO. The molecule has 1 amide bonds. The van der Waals surface area contributed by atoms with E-state index in [1.165, 1.54) is 11.1 Å². The Balaban J connectivity index is 2.67. The zero-order chi connectivity index (χ0) is 12.1. The van der Waals surface area contributed by atoms with Crippen LogP contribution in [0, 0.1) is 6.92 Å².